The Labute approximate surface area is 427 Å². The van der Waals surface area contributed by atoms with E-state index in [0.717, 1.165) is 83.5 Å². The van der Waals surface area contributed by atoms with E-state index in [-0.39, 0.29) is 31.5 Å². The Kier molecular flexibility index (Phi) is 48.5. The van der Waals surface area contributed by atoms with Crippen LogP contribution in [-0.4, -0.2) is 74.3 Å². The maximum Gasteiger partial charge on any atom is 0.472 e. The molecule has 0 aliphatic rings. The number of carbonyl (C=O) groups excluding carboxylic acids is 2. The van der Waals surface area contributed by atoms with Gasteiger partial charge in [-0.15, -0.1) is 0 Å². The number of nitrogens with one attached hydrogen (secondary N) is 1. The van der Waals surface area contributed by atoms with Crippen LogP contribution in [0.5, 0.6) is 0 Å². The Balaban J connectivity index is 5.27. The molecule has 10 heteroatoms. The smallest absolute Gasteiger partial charge is 0.456 e. The van der Waals surface area contributed by atoms with Gasteiger partial charge in [0.1, 0.15) is 19.3 Å². The lowest BCUT2D eigenvalue weighted by molar-refractivity contribution is -0.870. The number of unbranched alkanes of at least 4 members (excludes halogenated alkanes) is 33. The highest BCUT2D eigenvalue weighted by atomic mass is 31.2. The molecule has 0 aliphatic carbocycles. The van der Waals surface area contributed by atoms with Crippen molar-refractivity contribution in [3.8, 4) is 0 Å². The largest absolute Gasteiger partial charge is 0.472 e. The lowest BCUT2D eigenvalue weighted by Crippen LogP contribution is -2.47. The molecule has 0 spiro atoms. The van der Waals surface area contributed by atoms with Crippen molar-refractivity contribution in [3.63, 3.8) is 0 Å². The van der Waals surface area contributed by atoms with Crippen LogP contribution < -0.4 is 5.32 Å². The molecule has 0 heterocycles. The molecule has 2 N–H and O–H groups in total. The van der Waals surface area contributed by atoms with Gasteiger partial charge in [-0.1, -0.05) is 225 Å². The van der Waals surface area contributed by atoms with Gasteiger partial charge in [-0.3, -0.25) is 18.6 Å². The van der Waals surface area contributed by atoms with E-state index in [0.29, 0.717) is 17.4 Å². The van der Waals surface area contributed by atoms with Crippen LogP contribution in [0.3, 0.4) is 0 Å². The van der Waals surface area contributed by atoms with Gasteiger partial charge < -0.3 is 19.4 Å². The van der Waals surface area contributed by atoms with Crippen molar-refractivity contribution in [1.82, 2.24) is 5.32 Å². The van der Waals surface area contributed by atoms with Crippen molar-refractivity contribution >= 4 is 19.7 Å². The molecule has 0 aromatic heterocycles. The number of phosphoric acid groups is 1. The number of rotatable bonds is 53. The van der Waals surface area contributed by atoms with Gasteiger partial charge >= 0.3 is 13.8 Å². The van der Waals surface area contributed by atoms with Gasteiger partial charge in [-0.25, -0.2) is 4.57 Å². The van der Waals surface area contributed by atoms with Crippen LogP contribution in [0.2, 0.25) is 0 Å². The number of likely N-dealkylation sites (N-methyl/N-ethyl adjacent to an activating group) is 1. The van der Waals surface area contributed by atoms with Crippen molar-refractivity contribution < 1.29 is 37.3 Å². The van der Waals surface area contributed by atoms with E-state index >= 15 is 0 Å². The number of nitrogens with zero attached hydrogens (tertiary/aromatic N) is 1. The Bertz CT molecular complexity index is 1280. The Morgan fingerprint density at radius 1 is 0.493 bits per heavy atom. The topological polar surface area (TPSA) is 111 Å². The molecule has 3 atom stereocenters. The Hall–Kier alpha value is -1.77. The number of ether oxygens (including phenoxy) is 1. The first-order valence-electron chi connectivity index (χ1n) is 29.3. The first-order chi connectivity index (χ1) is 33.4. The highest BCUT2D eigenvalue weighted by Gasteiger charge is 2.30. The van der Waals surface area contributed by atoms with E-state index < -0.39 is 20.0 Å². The first kappa shape index (κ1) is 67.2. The third-order valence-electron chi connectivity index (χ3n) is 13.1. The molecule has 0 aromatic carbocycles. The van der Waals surface area contributed by atoms with Crippen LogP contribution in [0.25, 0.3) is 0 Å². The second kappa shape index (κ2) is 49.8. The minimum atomic E-state index is -4.44. The number of carbonyl (C=O) groups is 2. The van der Waals surface area contributed by atoms with Crippen LogP contribution in [-0.2, 0) is 27.9 Å². The van der Waals surface area contributed by atoms with Crippen LogP contribution in [0.15, 0.2) is 36.5 Å². The molecule has 0 saturated carbocycles. The number of hydrogen-bond donors (Lipinski definition) is 2. The molecule has 0 fully saturated rings. The highest BCUT2D eigenvalue weighted by molar-refractivity contribution is 7.47. The summed E-state index contributed by atoms with van der Waals surface area (Å²) in [6, 6.07) is -0.848. The second-order valence-corrected chi connectivity index (χ2v) is 22.6. The molecular weight excluding hydrogens is 880 g/mol. The summed E-state index contributed by atoms with van der Waals surface area (Å²) in [6.07, 6.45) is 58.5. The van der Waals surface area contributed by atoms with E-state index in [9.17, 15) is 19.0 Å². The van der Waals surface area contributed by atoms with Gasteiger partial charge in [0, 0.05) is 12.8 Å². The Morgan fingerprint density at radius 2 is 0.855 bits per heavy atom. The molecule has 0 aliphatic heterocycles. The van der Waals surface area contributed by atoms with Gasteiger partial charge in [-0.2, -0.15) is 0 Å². The summed E-state index contributed by atoms with van der Waals surface area (Å²) in [7, 11) is 1.50. The van der Waals surface area contributed by atoms with Crippen molar-refractivity contribution in [2.75, 3.05) is 40.9 Å². The van der Waals surface area contributed by atoms with Crippen molar-refractivity contribution in [3.05, 3.63) is 36.5 Å². The van der Waals surface area contributed by atoms with Crippen molar-refractivity contribution in [1.29, 1.82) is 0 Å². The zero-order chi connectivity index (χ0) is 50.8. The number of allylic oxidation sites excluding steroid dienone is 5. The fraction of sp³-hybridized carbons (Fsp3) is 0.864. The quantitative estimate of drug-likeness (QED) is 0.0205. The highest BCUT2D eigenvalue weighted by Crippen LogP contribution is 2.43. The summed E-state index contributed by atoms with van der Waals surface area (Å²) >= 11 is 0. The number of hydrogen-bond acceptors (Lipinski definition) is 6. The van der Waals surface area contributed by atoms with E-state index in [4.69, 9.17) is 13.8 Å². The normalized spacial score (nSPS) is 14.0. The molecule has 406 valence electrons. The lowest BCUT2D eigenvalue weighted by Gasteiger charge is -2.27. The molecule has 0 bridgehead atoms. The minimum absolute atomic E-state index is 0.0399. The number of amides is 1. The van der Waals surface area contributed by atoms with E-state index in [1.54, 1.807) is 0 Å². The second-order valence-electron chi connectivity index (χ2n) is 21.2. The van der Waals surface area contributed by atoms with E-state index in [2.05, 4.69) is 50.4 Å². The Morgan fingerprint density at radius 3 is 1.28 bits per heavy atom. The summed E-state index contributed by atoms with van der Waals surface area (Å²) in [4.78, 5) is 37.5. The molecule has 1 amide bonds. The van der Waals surface area contributed by atoms with Crippen LogP contribution in [0.4, 0.5) is 0 Å². The molecule has 69 heavy (non-hydrogen) atoms. The zero-order valence-corrected chi connectivity index (χ0v) is 47.2. The summed E-state index contributed by atoms with van der Waals surface area (Å²) < 4.78 is 30.6. The van der Waals surface area contributed by atoms with Gasteiger partial charge in [0.25, 0.3) is 0 Å². The summed E-state index contributed by atoms with van der Waals surface area (Å²) in [5, 5.41) is 3.05. The predicted octanol–water partition coefficient (Wildman–Crippen LogP) is 17.6. The summed E-state index contributed by atoms with van der Waals surface area (Å²) in [6.45, 7) is 6.98. The number of esters is 1. The van der Waals surface area contributed by atoms with Crippen LogP contribution >= 0.6 is 7.82 Å². The standard InChI is InChI=1S/C59H113N2O7P/c1-7-10-13-16-19-22-25-27-28-29-30-31-32-34-37-39-42-45-48-51-58(62)60-56(55-67-69(64,65)66-54-53-61(4,5)6)57(50-47-44-41-38-36-33-26-23-20-17-14-11-8-2)68-59(63)52-49-46-43-40-35-24-21-18-15-12-9-3/h18,21,27-28,47,50,56-57H,7-17,19-20,22-26,29-46,48-49,51-55H2,1-6H3,(H-,60,62,64,65)/p+1/b21-18-,28-27+,50-47+. The molecule has 0 radical (unpaired) electrons. The van der Waals surface area contributed by atoms with Gasteiger partial charge in [0.2, 0.25) is 5.91 Å². The fourth-order valence-corrected chi connectivity index (χ4v) is 9.18. The average Bonchev–Trinajstić information content (AvgIpc) is 3.31. The number of phosphoric ester groups is 1. The number of quaternary nitrogens is 1. The molecule has 0 aromatic rings. The van der Waals surface area contributed by atoms with Crippen molar-refractivity contribution in [2.45, 2.75) is 290 Å². The van der Waals surface area contributed by atoms with Gasteiger partial charge in [0.05, 0.1) is 33.8 Å². The van der Waals surface area contributed by atoms with E-state index in [1.165, 1.54) is 161 Å². The average molecular weight is 995 g/mol. The lowest BCUT2D eigenvalue weighted by atomic mass is 10.0. The van der Waals surface area contributed by atoms with Crippen molar-refractivity contribution in [2.24, 2.45) is 0 Å². The maximum absolute atomic E-state index is 13.5. The SMILES string of the molecule is CCCC/C=C\CCCCCCCC(=O)OC(/C=C/CCCCCCCCCCCCC)C(COP(=O)(O)OCC[N+](C)(C)C)NC(=O)CCCCCCCCCCC/C=C/CCCCCCCC. The maximum atomic E-state index is 13.5. The first-order valence-corrected chi connectivity index (χ1v) is 30.8. The van der Waals surface area contributed by atoms with Gasteiger partial charge in [0.15, 0.2) is 0 Å². The monoisotopic (exact) mass is 994 g/mol. The summed E-state index contributed by atoms with van der Waals surface area (Å²) in [5.41, 5.74) is 0. The summed E-state index contributed by atoms with van der Waals surface area (Å²) in [5.74, 6) is -0.511. The molecule has 0 saturated heterocycles. The minimum Gasteiger partial charge on any atom is -0.456 e. The molecule has 3 unspecified atom stereocenters. The molecule has 9 nitrogen and oxygen atoms in total. The third-order valence-corrected chi connectivity index (χ3v) is 14.0. The molecule has 0 rings (SSSR count). The third kappa shape index (κ3) is 51.0. The van der Waals surface area contributed by atoms with Gasteiger partial charge in [-0.05, 0) is 76.7 Å². The predicted molar refractivity (Wildman–Crippen MR) is 296 cm³/mol. The van der Waals surface area contributed by atoms with Crippen LogP contribution in [0, 0.1) is 0 Å². The van der Waals surface area contributed by atoms with E-state index in [1.807, 2.05) is 33.3 Å². The zero-order valence-electron chi connectivity index (χ0n) is 46.3. The molecular formula is C59H114N2O7P+. The van der Waals surface area contributed by atoms with Crippen LogP contribution in [0.1, 0.15) is 278 Å². The fourth-order valence-electron chi connectivity index (χ4n) is 8.45.